The highest BCUT2D eigenvalue weighted by Crippen LogP contribution is 2.31. The lowest BCUT2D eigenvalue weighted by Crippen LogP contribution is -1.96. The van der Waals surface area contributed by atoms with Crippen LogP contribution in [0.1, 0.15) is 16.8 Å². The second kappa shape index (κ2) is 5.63. The first-order valence-corrected chi connectivity index (χ1v) is 7.38. The van der Waals surface area contributed by atoms with Crippen LogP contribution in [0, 0.1) is 6.92 Å². The first-order chi connectivity index (χ1) is 9.79. The summed E-state index contributed by atoms with van der Waals surface area (Å²) in [5.41, 5.74) is 3.60. The Morgan fingerprint density at radius 1 is 1.25 bits per heavy atom. The lowest BCUT2D eigenvalue weighted by molar-refractivity contribution is 0.274. The van der Waals surface area contributed by atoms with Crippen LogP contribution in [-0.2, 0) is 11.9 Å². The van der Waals surface area contributed by atoms with Crippen LogP contribution in [0.15, 0.2) is 41.1 Å². The number of benzene rings is 1. The Morgan fingerprint density at radius 2 is 2.05 bits per heavy atom. The van der Waals surface area contributed by atoms with E-state index in [0.717, 1.165) is 22.2 Å². The molecule has 0 radical (unpaired) electrons. The summed E-state index contributed by atoms with van der Waals surface area (Å²) in [6.07, 6.45) is 1.82. The highest BCUT2D eigenvalue weighted by Gasteiger charge is 2.16. The molecule has 0 atom stereocenters. The van der Waals surface area contributed by atoms with Crippen molar-refractivity contribution in [2.45, 2.75) is 18.9 Å². The molecule has 0 saturated heterocycles. The molecule has 0 aliphatic heterocycles. The van der Waals surface area contributed by atoms with E-state index in [2.05, 4.69) is 26.1 Å². The molecule has 3 aromatic rings. The smallest absolute Gasteiger partial charge is 0.262 e. The highest BCUT2D eigenvalue weighted by atomic mass is 79.9. The van der Waals surface area contributed by atoms with Crippen molar-refractivity contribution in [3.05, 3.63) is 53.3 Å². The minimum absolute atomic E-state index is 0.464. The number of hydrogen-bond donors (Lipinski definition) is 0. The molecular weight excluding hydrogens is 320 g/mol. The van der Waals surface area contributed by atoms with E-state index in [1.165, 1.54) is 0 Å². The number of aryl methyl sites for hydroxylation is 1. The highest BCUT2D eigenvalue weighted by molar-refractivity contribution is 9.08. The third-order valence-corrected chi connectivity index (χ3v) is 3.69. The maximum atomic E-state index is 5.79. The Labute approximate surface area is 124 Å². The molecule has 0 saturated carbocycles. The first kappa shape index (κ1) is 13.1. The third-order valence-electron chi connectivity index (χ3n) is 3.09. The molecule has 1 aromatic carbocycles. The normalized spacial score (nSPS) is 10.9. The monoisotopic (exact) mass is 332 g/mol. The van der Waals surface area contributed by atoms with E-state index in [-0.39, 0.29) is 0 Å². The second-order valence-corrected chi connectivity index (χ2v) is 5.03. The number of fused-ring (bicyclic) bond motifs is 1. The van der Waals surface area contributed by atoms with E-state index in [9.17, 15) is 0 Å². The predicted octanol–water partition coefficient (Wildman–Crippen LogP) is 4.01. The van der Waals surface area contributed by atoms with Crippen LogP contribution in [0.4, 0.5) is 0 Å². The zero-order valence-corrected chi connectivity index (χ0v) is 12.6. The van der Waals surface area contributed by atoms with Crippen molar-refractivity contribution in [3.63, 3.8) is 0 Å². The molecule has 2 aromatic heterocycles. The number of ether oxygens (including phenoxy) is 1. The van der Waals surface area contributed by atoms with E-state index in [1.807, 2.05) is 43.5 Å². The summed E-state index contributed by atoms with van der Waals surface area (Å²) in [6, 6.07) is 9.98. The van der Waals surface area contributed by atoms with Crippen LogP contribution in [0.25, 0.3) is 11.0 Å². The van der Waals surface area contributed by atoms with Crippen molar-refractivity contribution < 1.29 is 9.26 Å². The van der Waals surface area contributed by atoms with Crippen LogP contribution >= 0.6 is 15.9 Å². The molecule has 20 heavy (non-hydrogen) atoms. The first-order valence-electron chi connectivity index (χ1n) is 6.26. The molecule has 0 aliphatic carbocycles. The van der Waals surface area contributed by atoms with Gasteiger partial charge in [0.15, 0.2) is 5.58 Å². The summed E-state index contributed by atoms with van der Waals surface area (Å²) >= 11 is 3.45. The summed E-state index contributed by atoms with van der Waals surface area (Å²) in [5, 5.41) is 5.60. The fourth-order valence-corrected chi connectivity index (χ4v) is 2.45. The van der Waals surface area contributed by atoms with E-state index in [4.69, 9.17) is 9.26 Å². The average Bonchev–Trinajstić information content (AvgIpc) is 2.92. The lowest BCUT2D eigenvalue weighted by Gasteiger charge is -2.04. The molecular formula is C15H13BrN2O2. The molecule has 102 valence electrons. The molecule has 0 amide bonds. The molecule has 4 nitrogen and oxygen atoms in total. The molecule has 0 unspecified atom stereocenters. The summed E-state index contributed by atoms with van der Waals surface area (Å²) in [5.74, 6) is 0.517. The third kappa shape index (κ3) is 2.41. The number of pyridine rings is 1. The van der Waals surface area contributed by atoms with Crippen molar-refractivity contribution in [3.8, 4) is 5.88 Å². The fraction of sp³-hybridized carbons (Fsp3) is 0.200. The molecule has 3 rings (SSSR count). The van der Waals surface area contributed by atoms with Gasteiger partial charge in [-0.2, -0.15) is 0 Å². The zero-order chi connectivity index (χ0) is 13.9. The molecule has 0 spiro atoms. The number of aromatic nitrogens is 2. The maximum Gasteiger partial charge on any atom is 0.262 e. The Kier molecular flexibility index (Phi) is 3.69. The molecule has 0 bridgehead atoms. The van der Waals surface area contributed by atoms with Crippen molar-refractivity contribution in [1.82, 2.24) is 10.1 Å². The SMILES string of the molecule is Cc1ncc(CBr)c2c(OCc3ccccc3)noc12. The number of hydrogen-bond acceptors (Lipinski definition) is 4. The maximum absolute atomic E-state index is 5.79. The average molecular weight is 333 g/mol. The Hall–Kier alpha value is -1.88. The van der Waals surface area contributed by atoms with Gasteiger partial charge >= 0.3 is 0 Å². The van der Waals surface area contributed by atoms with Crippen molar-refractivity contribution in [2.75, 3.05) is 0 Å². The summed E-state index contributed by atoms with van der Waals surface area (Å²) < 4.78 is 11.1. The van der Waals surface area contributed by atoms with Gasteiger partial charge in [-0.05, 0) is 23.2 Å². The van der Waals surface area contributed by atoms with E-state index in [1.54, 1.807) is 0 Å². The molecule has 0 aliphatic rings. The second-order valence-electron chi connectivity index (χ2n) is 4.47. The zero-order valence-electron chi connectivity index (χ0n) is 11.0. The molecule has 5 heteroatoms. The molecule has 0 N–H and O–H groups in total. The summed E-state index contributed by atoms with van der Waals surface area (Å²) in [6.45, 7) is 2.36. The topological polar surface area (TPSA) is 48.2 Å². The van der Waals surface area contributed by atoms with Crippen molar-refractivity contribution >= 4 is 26.9 Å². The minimum Gasteiger partial charge on any atom is -0.470 e. The Morgan fingerprint density at radius 3 is 2.80 bits per heavy atom. The standard InChI is InChI=1S/C15H13BrN2O2/c1-10-14-13(12(7-16)8-17-10)15(18-20-14)19-9-11-5-3-2-4-6-11/h2-6,8H,7,9H2,1H3. The summed E-state index contributed by atoms with van der Waals surface area (Å²) in [4.78, 5) is 4.29. The van der Waals surface area contributed by atoms with Crippen molar-refractivity contribution in [2.24, 2.45) is 0 Å². The molecule has 2 heterocycles. The Bertz CT molecular complexity index is 725. The van der Waals surface area contributed by atoms with E-state index in [0.29, 0.717) is 23.4 Å². The van der Waals surface area contributed by atoms with Crippen LogP contribution in [0.2, 0.25) is 0 Å². The number of halogens is 1. The van der Waals surface area contributed by atoms with Crippen LogP contribution in [0.5, 0.6) is 5.88 Å². The fourth-order valence-electron chi connectivity index (χ4n) is 2.03. The van der Waals surface area contributed by atoms with Gasteiger partial charge in [0.2, 0.25) is 0 Å². The number of rotatable bonds is 4. The quantitative estimate of drug-likeness (QED) is 0.677. The lowest BCUT2D eigenvalue weighted by atomic mass is 10.2. The Balaban J connectivity index is 1.94. The van der Waals surface area contributed by atoms with Gasteiger partial charge in [-0.15, -0.1) is 0 Å². The molecule has 0 fully saturated rings. The van der Waals surface area contributed by atoms with E-state index >= 15 is 0 Å². The van der Waals surface area contributed by atoms with Gasteiger partial charge in [-0.1, -0.05) is 46.3 Å². The van der Waals surface area contributed by atoms with Gasteiger partial charge in [0, 0.05) is 11.5 Å². The summed E-state index contributed by atoms with van der Waals surface area (Å²) in [7, 11) is 0. The van der Waals surface area contributed by atoms with Gasteiger partial charge in [0.25, 0.3) is 5.88 Å². The van der Waals surface area contributed by atoms with Gasteiger partial charge in [0.05, 0.1) is 11.1 Å². The predicted molar refractivity (Wildman–Crippen MR) is 79.9 cm³/mol. The minimum atomic E-state index is 0.464. The van der Waals surface area contributed by atoms with Gasteiger partial charge in [0.1, 0.15) is 6.61 Å². The van der Waals surface area contributed by atoms with Gasteiger partial charge < -0.3 is 9.26 Å². The van der Waals surface area contributed by atoms with Gasteiger partial charge in [-0.25, -0.2) is 0 Å². The van der Waals surface area contributed by atoms with Crippen molar-refractivity contribution in [1.29, 1.82) is 0 Å². The van der Waals surface area contributed by atoms with Crippen LogP contribution in [0.3, 0.4) is 0 Å². The van der Waals surface area contributed by atoms with E-state index < -0.39 is 0 Å². The number of nitrogens with zero attached hydrogens (tertiary/aromatic N) is 2. The van der Waals surface area contributed by atoms with Crippen LogP contribution < -0.4 is 4.74 Å². The largest absolute Gasteiger partial charge is 0.470 e. The number of alkyl halides is 1. The van der Waals surface area contributed by atoms with Crippen LogP contribution in [-0.4, -0.2) is 10.1 Å². The van der Waals surface area contributed by atoms with Gasteiger partial charge in [-0.3, -0.25) is 4.98 Å².